The molecule has 0 unspecified atom stereocenters. The van der Waals surface area contributed by atoms with Gasteiger partial charge in [-0.05, 0) is 37.3 Å². The summed E-state index contributed by atoms with van der Waals surface area (Å²) in [6.07, 6.45) is 8.32. The van der Waals surface area contributed by atoms with Crippen molar-refractivity contribution in [3.8, 4) is 6.07 Å². The van der Waals surface area contributed by atoms with Crippen molar-refractivity contribution in [2.75, 3.05) is 11.4 Å². The van der Waals surface area contributed by atoms with Crippen LogP contribution in [0.25, 0.3) is 0 Å². The number of hydrogen-bond donors (Lipinski definition) is 0. The largest absolute Gasteiger partial charge is 0.367 e. The molecule has 102 valence electrons. The minimum Gasteiger partial charge on any atom is -0.367 e. The topological polar surface area (TPSA) is 39.9 Å². The van der Waals surface area contributed by atoms with E-state index in [4.69, 9.17) is 5.26 Å². The molecule has 1 saturated carbocycles. The second-order valence-electron chi connectivity index (χ2n) is 5.83. The van der Waals surface area contributed by atoms with Crippen LogP contribution in [0.2, 0.25) is 0 Å². The fourth-order valence-electron chi connectivity index (χ4n) is 2.76. The van der Waals surface area contributed by atoms with E-state index in [2.05, 4.69) is 29.8 Å². The van der Waals surface area contributed by atoms with Crippen molar-refractivity contribution in [3.63, 3.8) is 0 Å². The van der Waals surface area contributed by atoms with Gasteiger partial charge >= 0.3 is 0 Å². The fraction of sp³-hybridized carbons (Fsp3) is 0.625. The Balaban J connectivity index is 2.12. The molecule has 1 fully saturated rings. The Bertz CT molecular complexity index is 424. The third-order valence-corrected chi connectivity index (χ3v) is 3.91. The van der Waals surface area contributed by atoms with E-state index in [1.165, 1.54) is 37.8 Å². The van der Waals surface area contributed by atoms with Crippen molar-refractivity contribution in [1.82, 2.24) is 4.98 Å². The van der Waals surface area contributed by atoms with Gasteiger partial charge in [0.15, 0.2) is 0 Å². The van der Waals surface area contributed by atoms with E-state index in [1.54, 1.807) is 0 Å². The van der Waals surface area contributed by atoms with Crippen LogP contribution >= 0.6 is 0 Å². The van der Waals surface area contributed by atoms with E-state index < -0.39 is 0 Å². The first-order valence-electron chi connectivity index (χ1n) is 7.33. The van der Waals surface area contributed by atoms with Gasteiger partial charge in [0.05, 0.1) is 11.9 Å². The van der Waals surface area contributed by atoms with Crippen molar-refractivity contribution in [2.45, 2.75) is 52.0 Å². The molecular weight excluding hydrogens is 234 g/mol. The van der Waals surface area contributed by atoms with E-state index >= 15 is 0 Å². The van der Waals surface area contributed by atoms with Gasteiger partial charge in [-0.3, -0.25) is 0 Å². The summed E-state index contributed by atoms with van der Waals surface area (Å²) in [5, 5.41) is 8.83. The molecule has 0 spiro atoms. The average molecular weight is 257 g/mol. The minimum absolute atomic E-state index is 0.499. The Morgan fingerprint density at radius 1 is 1.37 bits per heavy atom. The summed E-state index contributed by atoms with van der Waals surface area (Å²) < 4.78 is 0. The van der Waals surface area contributed by atoms with E-state index in [-0.39, 0.29) is 0 Å². The smallest absolute Gasteiger partial charge is 0.140 e. The van der Waals surface area contributed by atoms with Gasteiger partial charge < -0.3 is 4.90 Å². The first-order chi connectivity index (χ1) is 9.20. The normalized spacial score (nSPS) is 15.7. The van der Waals surface area contributed by atoms with Crippen LogP contribution < -0.4 is 4.90 Å². The molecule has 0 atom stereocenters. The van der Waals surface area contributed by atoms with Crippen LogP contribution in [0.15, 0.2) is 18.3 Å². The number of anilines is 1. The SMILES string of the molecule is CC(C)CCN(c1ccc(C#N)nc1)C1CCCC1. The molecule has 1 aromatic rings. The number of pyridine rings is 1. The second-order valence-corrected chi connectivity index (χ2v) is 5.83. The third-order valence-electron chi connectivity index (χ3n) is 3.91. The van der Waals surface area contributed by atoms with Crippen molar-refractivity contribution in [1.29, 1.82) is 5.26 Å². The van der Waals surface area contributed by atoms with Crippen LogP contribution in [0.3, 0.4) is 0 Å². The van der Waals surface area contributed by atoms with Crippen LogP contribution in [0, 0.1) is 17.2 Å². The van der Waals surface area contributed by atoms with Gasteiger partial charge in [-0.1, -0.05) is 26.7 Å². The maximum Gasteiger partial charge on any atom is 0.140 e. The monoisotopic (exact) mass is 257 g/mol. The molecule has 0 saturated heterocycles. The van der Waals surface area contributed by atoms with Crippen LogP contribution in [0.5, 0.6) is 0 Å². The maximum absolute atomic E-state index is 8.83. The predicted octanol–water partition coefficient (Wildman–Crippen LogP) is 3.75. The van der Waals surface area contributed by atoms with Crippen LogP contribution in [-0.2, 0) is 0 Å². The van der Waals surface area contributed by atoms with Crippen LogP contribution in [0.4, 0.5) is 5.69 Å². The highest BCUT2D eigenvalue weighted by Crippen LogP contribution is 2.28. The molecule has 3 nitrogen and oxygen atoms in total. The number of nitriles is 1. The zero-order valence-corrected chi connectivity index (χ0v) is 12.0. The number of aromatic nitrogens is 1. The molecule has 1 aliphatic rings. The molecule has 1 aromatic heterocycles. The van der Waals surface area contributed by atoms with Crippen molar-refractivity contribution in [2.24, 2.45) is 5.92 Å². The molecule has 19 heavy (non-hydrogen) atoms. The van der Waals surface area contributed by atoms with Gasteiger partial charge in [0.1, 0.15) is 11.8 Å². The van der Waals surface area contributed by atoms with Gasteiger partial charge in [0.2, 0.25) is 0 Å². The van der Waals surface area contributed by atoms with E-state index in [1.807, 2.05) is 18.3 Å². The Kier molecular flexibility index (Phi) is 4.79. The predicted molar refractivity (Wildman–Crippen MR) is 78.0 cm³/mol. The van der Waals surface area contributed by atoms with Crippen molar-refractivity contribution >= 4 is 5.69 Å². The molecule has 0 aliphatic heterocycles. The number of hydrogen-bond acceptors (Lipinski definition) is 3. The van der Waals surface area contributed by atoms with Gasteiger partial charge in [-0.25, -0.2) is 4.98 Å². The summed E-state index contributed by atoms with van der Waals surface area (Å²) in [5.41, 5.74) is 1.67. The van der Waals surface area contributed by atoms with E-state index in [0.29, 0.717) is 11.7 Å². The summed E-state index contributed by atoms with van der Waals surface area (Å²) >= 11 is 0. The van der Waals surface area contributed by atoms with Gasteiger partial charge in [-0.2, -0.15) is 5.26 Å². The first kappa shape index (κ1) is 13.9. The highest BCUT2D eigenvalue weighted by molar-refractivity contribution is 5.47. The van der Waals surface area contributed by atoms with Gasteiger partial charge in [0, 0.05) is 12.6 Å². The summed E-state index contributed by atoms with van der Waals surface area (Å²) in [5.74, 6) is 0.718. The zero-order valence-electron chi connectivity index (χ0n) is 12.0. The number of nitrogens with zero attached hydrogens (tertiary/aromatic N) is 3. The molecule has 3 heteroatoms. The van der Waals surface area contributed by atoms with E-state index in [0.717, 1.165) is 12.5 Å². The quantitative estimate of drug-likeness (QED) is 0.806. The van der Waals surface area contributed by atoms with E-state index in [9.17, 15) is 0 Å². The molecule has 0 aromatic carbocycles. The summed E-state index contributed by atoms with van der Waals surface area (Å²) in [6, 6.07) is 6.62. The van der Waals surface area contributed by atoms with Crippen molar-refractivity contribution < 1.29 is 0 Å². The Labute approximate surface area is 116 Å². The fourth-order valence-corrected chi connectivity index (χ4v) is 2.76. The van der Waals surface area contributed by atoms with Crippen LogP contribution in [-0.4, -0.2) is 17.6 Å². The Morgan fingerprint density at radius 3 is 2.63 bits per heavy atom. The highest BCUT2D eigenvalue weighted by Gasteiger charge is 2.23. The zero-order chi connectivity index (χ0) is 13.7. The second kappa shape index (κ2) is 6.56. The summed E-state index contributed by atoms with van der Waals surface area (Å²) in [6.45, 7) is 5.63. The lowest BCUT2D eigenvalue weighted by molar-refractivity contribution is 0.528. The minimum atomic E-state index is 0.499. The lowest BCUT2D eigenvalue weighted by Crippen LogP contribution is -2.34. The Morgan fingerprint density at radius 2 is 2.11 bits per heavy atom. The highest BCUT2D eigenvalue weighted by atomic mass is 15.2. The molecule has 0 radical (unpaired) electrons. The molecule has 0 N–H and O–H groups in total. The molecule has 1 heterocycles. The lowest BCUT2D eigenvalue weighted by atomic mass is 10.1. The third kappa shape index (κ3) is 3.70. The number of rotatable bonds is 5. The standard InChI is InChI=1S/C16H23N3/c1-13(2)9-10-19(15-5-3-4-6-15)16-8-7-14(11-17)18-12-16/h7-8,12-13,15H,3-6,9-10H2,1-2H3. The average Bonchev–Trinajstić information content (AvgIpc) is 2.93. The van der Waals surface area contributed by atoms with Gasteiger partial charge in [-0.15, -0.1) is 0 Å². The van der Waals surface area contributed by atoms with Gasteiger partial charge in [0.25, 0.3) is 0 Å². The molecule has 0 bridgehead atoms. The molecule has 2 rings (SSSR count). The first-order valence-corrected chi connectivity index (χ1v) is 7.33. The molecule has 0 amide bonds. The lowest BCUT2D eigenvalue weighted by Gasteiger charge is -2.31. The summed E-state index contributed by atoms with van der Waals surface area (Å²) in [4.78, 5) is 6.71. The Hall–Kier alpha value is -1.56. The molecular formula is C16H23N3. The van der Waals surface area contributed by atoms with Crippen molar-refractivity contribution in [3.05, 3.63) is 24.0 Å². The van der Waals surface area contributed by atoms with Crippen LogP contribution in [0.1, 0.15) is 51.6 Å². The maximum atomic E-state index is 8.83. The summed E-state index contributed by atoms with van der Waals surface area (Å²) in [7, 11) is 0. The molecule has 1 aliphatic carbocycles.